The van der Waals surface area contributed by atoms with E-state index in [4.69, 9.17) is 9.47 Å². The number of rotatable bonds is 2. The Labute approximate surface area is 122 Å². The zero-order chi connectivity index (χ0) is 13.6. The molecule has 0 bridgehead atoms. The quantitative estimate of drug-likeness (QED) is 0.904. The van der Waals surface area contributed by atoms with E-state index in [1.165, 1.54) is 22.0 Å². The molecule has 0 saturated carbocycles. The van der Waals surface area contributed by atoms with Gasteiger partial charge in [0.15, 0.2) is 11.5 Å². The minimum Gasteiger partial charge on any atom is -0.493 e. The van der Waals surface area contributed by atoms with E-state index in [9.17, 15) is 0 Å². The number of nitrogens with one attached hydrogen (secondary N) is 1. The van der Waals surface area contributed by atoms with Crippen LogP contribution in [0.2, 0.25) is 0 Å². The van der Waals surface area contributed by atoms with E-state index >= 15 is 0 Å². The maximum atomic E-state index is 5.88. The van der Waals surface area contributed by atoms with Crippen LogP contribution in [0.15, 0.2) is 10.5 Å². The van der Waals surface area contributed by atoms with Crippen LogP contribution in [0, 0.1) is 0 Å². The number of ether oxygens (including phenoxy) is 2. The SMILES string of the molecule is COc1cc(C2(C)CCCN2)c(Br)c2c1OC(C)C2. The first-order valence-corrected chi connectivity index (χ1v) is 7.66. The predicted octanol–water partition coefficient (Wildman–Crippen LogP) is 3.38. The lowest BCUT2D eigenvalue weighted by Gasteiger charge is -2.28. The number of hydrogen-bond acceptors (Lipinski definition) is 3. The third-order valence-electron chi connectivity index (χ3n) is 4.27. The maximum absolute atomic E-state index is 5.88. The summed E-state index contributed by atoms with van der Waals surface area (Å²) in [7, 11) is 1.71. The van der Waals surface area contributed by atoms with Gasteiger partial charge in [0, 0.05) is 22.0 Å². The highest BCUT2D eigenvalue weighted by Crippen LogP contribution is 2.47. The van der Waals surface area contributed by atoms with Gasteiger partial charge >= 0.3 is 0 Å². The molecule has 1 aromatic carbocycles. The molecule has 2 aliphatic rings. The minimum atomic E-state index is 0.0347. The fraction of sp³-hybridized carbons (Fsp3) is 0.600. The van der Waals surface area contributed by atoms with Crippen LogP contribution in [0.1, 0.15) is 37.8 Å². The van der Waals surface area contributed by atoms with Crippen molar-refractivity contribution in [2.75, 3.05) is 13.7 Å². The Hall–Kier alpha value is -0.740. The monoisotopic (exact) mass is 325 g/mol. The molecule has 2 heterocycles. The van der Waals surface area contributed by atoms with Crippen LogP contribution in [0.25, 0.3) is 0 Å². The average Bonchev–Trinajstić information content (AvgIpc) is 2.97. The van der Waals surface area contributed by atoms with Gasteiger partial charge in [0.2, 0.25) is 0 Å². The van der Waals surface area contributed by atoms with E-state index in [0.717, 1.165) is 30.9 Å². The fourth-order valence-corrected chi connectivity index (χ4v) is 4.08. The van der Waals surface area contributed by atoms with Gasteiger partial charge in [0.05, 0.1) is 7.11 Å². The number of fused-ring (bicyclic) bond motifs is 1. The van der Waals surface area contributed by atoms with Crippen molar-refractivity contribution >= 4 is 15.9 Å². The van der Waals surface area contributed by atoms with Gasteiger partial charge in [-0.3, -0.25) is 0 Å². The second-order valence-electron chi connectivity index (χ2n) is 5.74. The van der Waals surface area contributed by atoms with Crippen molar-refractivity contribution in [2.24, 2.45) is 0 Å². The van der Waals surface area contributed by atoms with Gasteiger partial charge in [-0.15, -0.1) is 0 Å². The summed E-state index contributed by atoms with van der Waals surface area (Å²) >= 11 is 3.79. The zero-order valence-corrected chi connectivity index (χ0v) is 13.3. The molecular weight excluding hydrogens is 306 g/mol. The fourth-order valence-electron chi connectivity index (χ4n) is 3.19. The maximum Gasteiger partial charge on any atom is 0.166 e. The van der Waals surface area contributed by atoms with Crippen LogP contribution >= 0.6 is 15.9 Å². The molecule has 2 aliphatic heterocycles. The molecule has 2 unspecified atom stereocenters. The predicted molar refractivity (Wildman–Crippen MR) is 79.1 cm³/mol. The molecule has 1 aromatic rings. The number of methoxy groups -OCH3 is 1. The highest BCUT2D eigenvalue weighted by molar-refractivity contribution is 9.10. The van der Waals surface area contributed by atoms with Crippen LogP contribution in [0.3, 0.4) is 0 Å². The Balaban J connectivity index is 2.14. The minimum absolute atomic E-state index is 0.0347. The van der Waals surface area contributed by atoms with Crippen LogP contribution in [0.5, 0.6) is 11.5 Å². The summed E-state index contributed by atoms with van der Waals surface area (Å²) in [6.07, 6.45) is 3.54. The molecule has 1 fully saturated rings. The summed E-state index contributed by atoms with van der Waals surface area (Å²) < 4.78 is 12.6. The van der Waals surface area contributed by atoms with Crippen LogP contribution in [-0.4, -0.2) is 19.8 Å². The van der Waals surface area contributed by atoms with Gasteiger partial charge in [0.25, 0.3) is 0 Å². The van der Waals surface area contributed by atoms with Gasteiger partial charge < -0.3 is 14.8 Å². The van der Waals surface area contributed by atoms with Crippen LogP contribution in [0.4, 0.5) is 0 Å². The summed E-state index contributed by atoms with van der Waals surface area (Å²) in [5, 5.41) is 3.62. The van der Waals surface area contributed by atoms with Crippen molar-refractivity contribution < 1.29 is 9.47 Å². The molecule has 0 radical (unpaired) electrons. The Morgan fingerprint density at radius 2 is 2.32 bits per heavy atom. The summed E-state index contributed by atoms with van der Waals surface area (Å²) in [5.41, 5.74) is 2.57. The highest BCUT2D eigenvalue weighted by atomic mass is 79.9. The summed E-state index contributed by atoms with van der Waals surface area (Å²) in [4.78, 5) is 0. The van der Waals surface area contributed by atoms with Gasteiger partial charge in [-0.2, -0.15) is 0 Å². The number of halogens is 1. The Kier molecular flexibility index (Phi) is 3.26. The summed E-state index contributed by atoms with van der Waals surface area (Å²) in [5.74, 6) is 1.76. The number of benzene rings is 1. The van der Waals surface area contributed by atoms with Crippen molar-refractivity contribution in [1.29, 1.82) is 0 Å². The average molecular weight is 326 g/mol. The molecule has 104 valence electrons. The first-order valence-electron chi connectivity index (χ1n) is 6.86. The Bertz CT molecular complexity index is 509. The lowest BCUT2D eigenvalue weighted by atomic mass is 9.88. The standard InChI is InChI=1S/C15H20BrNO2/c1-9-7-10-13(16)11(15(2)5-4-6-17-15)8-12(18-3)14(10)19-9/h8-9,17H,4-7H2,1-3H3. The van der Waals surface area contributed by atoms with Crippen molar-refractivity contribution in [3.8, 4) is 11.5 Å². The topological polar surface area (TPSA) is 30.5 Å². The Morgan fingerprint density at radius 1 is 1.53 bits per heavy atom. The van der Waals surface area contributed by atoms with Gasteiger partial charge in [-0.1, -0.05) is 15.9 Å². The van der Waals surface area contributed by atoms with Gasteiger partial charge in [-0.25, -0.2) is 0 Å². The van der Waals surface area contributed by atoms with Crippen LogP contribution in [-0.2, 0) is 12.0 Å². The molecule has 19 heavy (non-hydrogen) atoms. The molecule has 3 rings (SSSR count). The molecule has 0 amide bonds. The van der Waals surface area contributed by atoms with Crippen molar-refractivity contribution in [3.63, 3.8) is 0 Å². The second-order valence-corrected chi connectivity index (χ2v) is 6.54. The van der Waals surface area contributed by atoms with Crippen LogP contribution < -0.4 is 14.8 Å². The molecule has 1 N–H and O–H groups in total. The molecule has 1 saturated heterocycles. The third-order valence-corrected chi connectivity index (χ3v) is 5.17. The van der Waals surface area contributed by atoms with Gasteiger partial charge in [-0.05, 0) is 44.9 Å². The lowest BCUT2D eigenvalue weighted by molar-refractivity contribution is 0.243. The number of hydrogen-bond donors (Lipinski definition) is 1. The molecular formula is C15H20BrNO2. The van der Waals surface area contributed by atoms with E-state index in [0.29, 0.717) is 0 Å². The smallest absolute Gasteiger partial charge is 0.166 e. The van der Waals surface area contributed by atoms with E-state index in [1.54, 1.807) is 7.11 Å². The molecule has 2 atom stereocenters. The van der Waals surface area contributed by atoms with E-state index < -0.39 is 0 Å². The Morgan fingerprint density at radius 3 is 2.95 bits per heavy atom. The molecule has 0 spiro atoms. The molecule has 0 aromatic heterocycles. The first-order chi connectivity index (χ1) is 9.05. The van der Waals surface area contributed by atoms with E-state index in [1.807, 2.05) is 0 Å². The third kappa shape index (κ3) is 2.05. The van der Waals surface area contributed by atoms with Crippen molar-refractivity contribution in [3.05, 3.63) is 21.7 Å². The summed E-state index contributed by atoms with van der Waals surface area (Å²) in [6, 6.07) is 2.12. The largest absolute Gasteiger partial charge is 0.493 e. The highest BCUT2D eigenvalue weighted by Gasteiger charge is 2.36. The molecule has 0 aliphatic carbocycles. The van der Waals surface area contributed by atoms with Gasteiger partial charge in [0.1, 0.15) is 6.10 Å². The lowest BCUT2D eigenvalue weighted by Crippen LogP contribution is -2.33. The van der Waals surface area contributed by atoms with E-state index in [-0.39, 0.29) is 11.6 Å². The zero-order valence-electron chi connectivity index (χ0n) is 11.7. The molecule has 4 heteroatoms. The van der Waals surface area contributed by atoms with Crippen molar-refractivity contribution in [1.82, 2.24) is 5.32 Å². The molecule has 3 nitrogen and oxygen atoms in total. The first kappa shape index (κ1) is 13.3. The second kappa shape index (κ2) is 4.67. The van der Waals surface area contributed by atoms with E-state index in [2.05, 4.69) is 41.2 Å². The van der Waals surface area contributed by atoms with Crippen molar-refractivity contribution in [2.45, 2.75) is 44.8 Å². The summed E-state index contributed by atoms with van der Waals surface area (Å²) in [6.45, 7) is 5.45. The normalized spacial score (nSPS) is 29.2.